The third-order valence-corrected chi connectivity index (χ3v) is 5.53. The van der Waals surface area contributed by atoms with Gasteiger partial charge in [-0.2, -0.15) is 26.3 Å². The first-order chi connectivity index (χ1) is 13.3. The van der Waals surface area contributed by atoms with E-state index < -0.39 is 43.0 Å². The molecule has 1 aliphatic rings. The highest BCUT2D eigenvalue weighted by Crippen LogP contribution is 2.72. The largest absolute Gasteiger partial charge is 0.474 e. The minimum absolute atomic E-state index is 0.338. The number of halogens is 6. The number of phosphoric ester groups is 1. The molecule has 12 heteroatoms. The van der Waals surface area contributed by atoms with Crippen molar-refractivity contribution in [2.24, 2.45) is 0 Å². The quantitative estimate of drug-likeness (QED) is 0.536. The van der Waals surface area contributed by atoms with E-state index in [1.165, 1.54) is 24.3 Å². The molecule has 1 fully saturated rings. The van der Waals surface area contributed by atoms with Gasteiger partial charge in [0.1, 0.15) is 6.10 Å². The first-order valence-electron chi connectivity index (χ1n) is 7.94. The molecule has 29 heavy (non-hydrogen) atoms. The third kappa shape index (κ3) is 3.27. The van der Waals surface area contributed by atoms with Crippen LogP contribution in [0.1, 0.15) is 17.2 Å². The van der Waals surface area contributed by atoms with Crippen LogP contribution in [0.2, 0.25) is 0 Å². The Kier molecular flexibility index (Phi) is 5.12. The second kappa shape index (κ2) is 6.82. The SMILES string of the molecule is O=P1(O)O[C@H](c2ccccc2)[C@@](c2ccccc2)(C(O)(C(F)(F)F)C(F)(F)F)O1. The molecule has 1 aliphatic heterocycles. The molecule has 0 spiro atoms. The smallest absolute Gasteiger partial charge is 0.371 e. The Morgan fingerprint density at radius 1 is 0.862 bits per heavy atom. The molecule has 0 aliphatic carbocycles. The van der Waals surface area contributed by atoms with Crippen LogP contribution in [0, 0.1) is 0 Å². The first kappa shape index (κ1) is 21.8. The van der Waals surface area contributed by atoms with E-state index in [-0.39, 0.29) is 5.56 Å². The number of benzene rings is 2. The number of aliphatic hydroxyl groups is 1. The number of alkyl halides is 6. The monoisotopic (exact) mass is 442 g/mol. The van der Waals surface area contributed by atoms with Crippen molar-refractivity contribution in [1.82, 2.24) is 0 Å². The van der Waals surface area contributed by atoms with Crippen molar-refractivity contribution in [1.29, 1.82) is 0 Å². The maximum atomic E-state index is 13.8. The summed E-state index contributed by atoms with van der Waals surface area (Å²) in [5.74, 6) is 0. The summed E-state index contributed by atoms with van der Waals surface area (Å²) >= 11 is 0. The molecule has 3 atom stereocenters. The topological polar surface area (TPSA) is 76.0 Å². The van der Waals surface area contributed by atoms with Gasteiger partial charge in [0.05, 0.1) is 0 Å². The number of phosphoric acid groups is 1. The van der Waals surface area contributed by atoms with Crippen LogP contribution < -0.4 is 0 Å². The van der Waals surface area contributed by atoms with Crippen LogP contribution in [0.5, 0.6) is 0 Å². The Morgan fingerprint density at radius 3 is 1.76 bits per heavy atom. The summed E-state index contributed by atoms with van der Waals surface area (Å²) in [4.78, 5) is 9.78. The maximum absolute atomic E-state index is 13.8. The predicted octanol–water partition coefficient (Wildman–Crippen LogP) is 4.63. The average molecular weight is 442 g/mol. The van der Waals surface area contributed by atoms with E-state index in [9.17, 15) is 40.9 Å². The Hall–Kier alpha value is -1.91. The highest BCUT2D eigenvalue weighted by molar-refractivity contribution is 7.47. The van der Waals surface area contributed by atoms with Gasteiger partial charge in [0.15, 0.2) is 5.60 Å². The van der Waals surface area contributed by atoms with Crippen molar-refractivity contribution in [2.75, 3.05) is 0 Å². The summed E-state index contributed by atoms with van der Waals surface area (Å²) in [5.41, 5.74) is -10.6. The van der Waals surface area contributed by atoms with Gasteiger partial charge >= 0.3 is 20.2 Å². The Bertz CT molecular complexity index is 903. The fourth-order valence-corrected chi connectivity index (χ4v) is 4.60. The molecule has 1 saturated heterocycles. The minimum Gasteiger partial charge on any atom is -0.371 e. The second-order valence-corrected chi connectivity index (χ2v) is 7.59. The first-order valence-corrected chi connectivity index (χ1v) is 9.44. The van der Waals surface area contributed by atoms with Crippen LogP contribution in [0.3, 0.4) is 0 Å². The molecule has 0 radical (unpaired) electrons. The zero-order valence-corrected chi connectivity index (χ0v) is 15.1. The average Bonchev–Trinajstić information content (AvgIpc) is 2.93. The molecule has 2 aromatic carbocycles. The van der Waals surface area contributed by atoms with Gasteiger partial charge < -0.3 is 10.00 Å². The van der Waals surface area contributed by atoms with Crippen molar-refractivity contribution in [3.63, 3.8) is 0 Å². The fourth-order valence-electron chi connectivity index (χ4n) is 3.32. The summed E-state index contributed by atoms with van der Waals surface area (Å²) in [7, 11) is -5.45. The maximum Gasteiger partial charge on any atom is 0.474 e. The van der Waals surface area contributed by atoms with Gasteiger partial charge in [-0.05, 0) is 11.1 Å². The van der Waals surface area contributed by atoms with E-state index in [0.29, 0.717) is 0 Å². The fraction of sp³-hybridized carbons (Fsp3) is 0.294. The van der Waals surface area contributed by atoms with Crippen LogP contribution in [-0.4, -0.2) is 28.0 Å². The van der Waals surface area contributed by atoms with Crippen LogP contribution in [0.15, 0.2) is 60.7 Å². The summed E-state index contributed by atoms with van der Waals surface area (Å²) < 4.78 is 104. The van der Waals surface area contributed by atoms with Crippen LogP contribution in [0.4, 0.5) is 26.3 Å². The van der Waals surface area contributed by atoms with Crippen LogP contribution >= 0.6 is 7.82 Å². The standard InChI is InChI=1S/C17H13F6O5P/c18-16(19,20)15(24,17(21,22)23)14(12-9-5-2-6-10-12)13(27-29(25,26)28-14)11-7-3-1-4-8-11/h1-10,13,24H,(H,25,26)/t13-,14+/m1/s1. The van der Waals surface area contributed by atoms with Crippen molar-refractivity contribution in [3.8, 4) is 0 Å². The molecule has 0 bridgehead atoms. The van der Waals surface area contributed by atoms with Gasteiger partial charge in [-0.25, -0.2) is 4.57 Å². The van der Waals surface area contributed by atoms with E-state index in [2.05, 4.69) is 9.05 Å². The summed E-state index contributed by atoms with van der Waals surface area (Å²) in [5, 5.41) is 10.3. The van der Waals surface area contributed by atoms with E-state index in [0.717, 1.165) is 36.4 Å². The second-order valence-electron chi connectivity index (χ2n) is 6.26. The van der Waals surface area contributed by atoms with Gasteiger partial charge in [-0.15, -0.1) is 0 Å². The Balaban J connectivity index is 2.45. The van der Waals surface area contributed by atoms with Crippen LogP contribution in [-0.2, 0) is 19.2 Å². The van der Waals surface area contributed by atoms with Crippen molar-refractivity contribution in [3.05, 3.63) is 71.8 Å². The lowest BCUT2D eigenvalue weighted by atomic mass is 9.70. The van der Waals surface area contributed by atoms with Gasteiger partial charge in [0.25, 0.3) is 5.60 Å². The molecule has 1 heterocycles. The lowest BCUT2D eigenvalue weighted by Crippen LogP contribution is -2.70. The molecule has 0 amide bonds. The van der Waals surface area contributed by atoms with Crippen molar-refractivity contribution < 1.29 is 50.0 Å². The zero-order chi connectivity index (χ0) is 21.7. The van der Waals surface area contributed by atoms with Gasteiger partial charge in [0, 0.05) is 0 Å². The van der Waals surface area contributed by atoms with E-state index >= 15 is 0 Å². The normalized spacial score (nSPS) is 28.5. The molecule has 0 saturated carbocycles. The molecule has 5 nitrogen and oxygen atoms in total. The molecular formula is C17H13F6O5P. The summed E-state index contributed by atoms with van der Waals surface area (Å²) in [6.45, 7) is 0. The molecule has 158 valence electrons. The molecular weight excluding hydrogens is 429 g/mol. The zero-order valence-electron chi connectivity index (χ0n) is 14.2. The Morgan fingerprint density at radius 2 is 1.31 bits per heavy atom. The van der Waals surface area contributed by atoms with Crippen molar-refractivity contribution in [2.45, 2.75) is 29.7 Å². The lowest BCUT2D eigenvalue weighted by Gasteiger charge is -2.46. The highest BCUT2D eigenvalue weighted by atomic mass is 31.2. The molecule has 0 aromatic heterocycles. The van der Waals surface area contributed by atoms with E-state index in [4.69, 9.17) is 0 Å². The van der Waals surface area contributed by atoms with Gasteiger partial charge in [-0.1, -0.05) is 60.7 Å². The highest BCUT2D eigenvalue weighted by Gasteiger charge is 2.85. The predicted molar refractivity (Wildman–Crippen MR) is 86.4 cm³/mol. The molecule has 3 rings (SSSR count). The summed E-state index contributed by atoms with van der Waals surface area (Å²) in [6, 6.07) is 11.2. The van der Waals surface area contributed by atoms with Gasteiger partial charge in [0.2, 0.25) is 0 Å². The van der Waals surface area contributed by atoms with Crippen molar-refractivity contribution >= 4 is 7.82 Å². The molecule has 2 N–H and O–H groups in total. The van der Waals surface area contributed by atoms with Gasteiger partial charge in [-0.3, -0.25) is 9.05 Å². The number of hydrogen-bond acceptors (Lipinski definition) is 4. The molecule has 1 unspecified atom stereocenters. The lowest BCUT2D eigenvalue weighted by molar-refractivity contribution is -0.416. The summed E-state index contributed by atoms with van der Waals surface area (Å²) in [6.07, 6.45) is -15.1. The number of hydrogen-bond donors (Lipinski definition) is 2. The van der Waals surface area contributed by atoms with E-state index in [1.54, 1.807) is 0 Å². The third-order valence-electron chi connectivity index (χ3n) is 4.53. The minimum atomic E-state index is -6.36. The van der Waals surface area contributed by atoms with E-state index in [1.807, 2.05) is 0 Å². The number of rotatable bonds is 3. The molecule has 2 aromatic rings. The Labute approximate surface area is 160 Å². The van der Waals surface area contributed by atoms with Crippen LogP contribution in [0.25, 0.3) is 0 Å².